The van der Waals surface area contributed by atoms with Gasteiger partial charge in [-0.25, -0.2) is 4.98 Å². The minimum atomic E-state index is 0.727. The summed E-state index contributed by atoms with van der Waals surface area (Å²) in [7, 11) is 4.97. The van der Waals surface area contributed by atoms with Gasteiger partial charge in [-0.2, -0.15) is 0 Å². The Morgan fingerprint density at radius 2 is 1.33 bits per heavy atom. The number of hydrogen-bond donors (Lipinski definition) is 1. The van der Waals surface area contributed by atoms with Crippen molar-refractivity contribution in [3.8, 4) is 51.2 Å². The summed E-state index contributed by atoms with van der Waals surface area (Å²) in [5.41, 5.74) is 4.63. The van der Waals surface area contributed by atoms with Gasteiger partial charge in [-0.3, -0.25) is 0 Å². The molecule has 0 aliphatic heterocycles. The molecule has 0 fully saturated rings. The van der Waals surface area contributed by atoms with E-state index in [0.717, 1.165) is 55.6 Å². The lowest BCUT2D eigenvalue weighted by molar-refractivity contribution is 0.414. The first-order valence-electron chi connectivity index (χ1n) is 9.35. The van der Waals surface area contributed by atoms with Crippen LogP contribution in [0.15, 0.2) is 71.2 Å². The van der Waals surface area contributed by atoms with Crippen LogP contribution in [0.5, 0.6) is 17.2 Å². The molecule has 0 spiro atoms. The Balaban J connectivity index is 1.89. The molecule has 0 atom stereocenters. The molecule has 1 aromatic heterocycles. The molecule has 0 bridgehead atoms. The summed E-state index contributed by atoms with van der Waals surface area (Å²) >= 11 is 3.54. The average molecular weight is 465 g/mol. The predicted molar refractivity (Wildman–Crippen MR) is 122 cm³/mol. The molecule has 1 N–H and O–H groups in total. The first kappa shape index (κ1) is 20.0. The zero-order valence-corrected chi connectivity index (χ0v) is 18.5. The Kier molecular flexibility index (Phi) is 5.77. The van der Waals surface area contributed by atoms with Gasteiger partial charge in [0.1, 0.15) is 23.1 Å². The number of nitrogens with one attached hydrogen (secondary N) is 1. The maximum Gasteiger partial charge on any atom is 0.142 e. The van der Waals surface area contributed by atoms with Crippen LogP contribution in [-0.2, 0) is 0 Å². The number of halogens is 1. The fourth-order valence-corrected chi connectivity index (χ4v) is 3.65. The van der Waals surface area contributed by atoms with Gasteiger partial charge in [0.2, 0.25) is 0 Å². The third kappa shape index (κ3) is 3.91. The molecule has 0 saturated heterocycles. The van der Waals surface area contributed by atoms with E-state index in [1.54, 1.807) is 21.3 Å². The molecule has 0 unspecified atom stereocenters. The SMILES string of the molecule is COc1ccc(-c2nc(-c3cc(Br)ccc3OC)[nH]c2-c2ccc(OC)cc2)cc1. The molecule has 1 heterocycles. The van der Waals surface area contributed by atoms with Crippen LogP contribution in [0, 0.1) is 0 Å². The third-order valence-electron chi connectivity index (χ3n) is 4.86. The molecule has 0 amide bonds. The fourth-order valence-electron chi connectivity index (χ4n) is 3.29. The van der Waals surface area contributed by atoms with Crippen molar-refractivity contribution in [1.29, 1.82) is 0 Å². The van der Waals surface area contributed by atoms with Crippen molar-refractivity contribution in [3.63, 3.8) is 0 Å². The molecule has 5 nitrogen and oxygen atoms in total. The number of rotatable bonds is 6. The highest BCUT2D eigenvalue weighted by atomic mass is 79.9. The third-order valence-corrected chi connectivity index (χ3v) is 5.36. The van der Waals surface area contributed by atoms with E-state index in [4.69, 9.17) is 19.2 Å². The van der Waals surface area contributed by atoms with Crippen molar-refractivity contribution in [2.75, 3.05) is 21.3 Å². The van der Waals surface area contributed by atoms with Crippen molar-refractivity contribution >= 4 is 15.9 Å². The van der Waals surface area contributed by atoms with Crippen LogP contribution < -0.4 is 14.2 Å². The Morgan fingerprint density at radius 3 is 1.90 bits per heavy atom. The largest absolute Gasteiger partial charge is 0.497 e. The number of nitrogens with zero attached hydrogens (tertiary/aromatic N) is 1. The summed E-state index contributed by atoms with van der Waals surface area (Å²) in [4.78, 5) is 8.44. The number of H-pyrrole nitrogens is 1. The van der Waals surface area contributed by atoms with Gasteiger partial charge in [-0.15, -0.1) is 0 Å². The number of hydrogen-bond acceptors (Lipinski definition) is 4. The molecule has 4 aromatic rings. The van der Waals surface area contributed by atoms with Crippen LogP contribution in [0.25, 0.3) is 33.9 Å². The maximum absolute atomic E-state index is 5.56. The van der Waals surface area contributed by atoms with Gasteiger partial charge >= 0.3 is 0 Å². The highest BCUT2D eigenvalue weighted by molar-refractivity contribution is 9.10. The lowest BCUT2D eigenvalue weighted by atomic mass is 10.0. The number of benzene rings is 3. The number of aromatic nitrogens is 2. The Morgan fingerprint density at radius 1 is 0.733 bits per heavy atom. The standard InChI is InChI=1S/C24H21BrN2O3/c1-28-18-9-4-15(5-10-18)22-23(16-6-11-19(29-2)12-7-16)27-24(26-22)20-14-17(25)8-13-21(20)30-3/h4-14H,1-3H3,(H,26,27). The molecule has 30 heavy (non-hydrogen) atoms. The van der Waals surface area contributed by atoms with Crippen LogP contribution in [0.3, 0.4) is 0 Å². The van der Waals surface area contributed by atoms with Gasteiger partial charge in [0, 0.05) is 15.6 Å². The first-order chi connectivity index (χ1) is 14.6. The Hall–Kier alpha value is -3.25. The number of aromatic amines is 1. The highest BCUT2D eigenvalue weighted by Gasteiger charge is 2.18. The average Bonchev–Trinajstić information content (AvgIpc) is 3.24. The monoisotopic (exact) mass is 464 g/mol. The summed E-state index contributed by atoms with van der Waals surface area (Å²) in [6.07, 6.45) is 0. The van der Waals surface area contributed by atoms with Gasteiger partial charge in [0.15, 0.2) is 0 Å². The van der Waals surface area contributed by atoms with Crippen LogP contribution in [0.4, 0.5) is 0 Å². The van der Waals surface area contributed by atoms with Crippen LogP contribution in [-0.4, -0.2) is 31.3 Å². The molecule has 6 heteroatoms. The quantitative estimate of drug-likeness (QED) is 0.369. The van der Waals surface area contributed by atoms with Crippen LogP contribution >= 0.6 is 15.9 Å². The number of methoxy groups -OCH3 is 3. The van der Waals surface area contributed by atoms with Crippen molar-refractivity contribution < 1.29 is 14.2 Å². The maximum atomic E-state index is 5.56. The molecule has 4 rings (SSSR count). The Bertz CT molecular complexity index is 1090. The lowest BCUT2D eigenvalue weighted by Crippen LogP contribution is -1.89. The zero-order valence-electron chi connectivity index (χ0n) is 16.9. The molecule has 0 aliphatic rings. The fraction of sp³-hybridized carbons (Fsp3) is 0.125. The minimum Gasteiger partial charge on any atom is -0.497 e. The minimum absolute atomic E-state index is 0.727. The van der Waals surface area contributed by atoms with Crippen molar-refractivity contribution in [2.45, 2.75) is 0 Å². The van der Waals surface area contributed by atoms with E-state index in [9.17, 15) is 0 Å². The van der Waals surface area contributed by atoms with Gasteiger partial charge in [-0.05, 0) is 66.7 Å². The summed E-state index contributed by atoms with van der Waals surface area (Å²) in [6, 6.07) is 21.6. The second kappa shape index (κ2) is 8.63. The van der Waals surface area contributed by atoms with E-state index in [1.165, 1.54) is 0 Å². The van der Waals surface area contributed by atoms with Crippen LogP contribution in [0.2, 0.25) is 0 Å². The lowest BCUT2D eigenvalue weighted by Gasteiger charge is -2.06. The van der Waals surface area contributed by atoms with E-state index in [2.05, 4.69) is 20.9 Å². The molecule has 0 saturated carbocycles. The predicted octanol–water partition coefficient (Wildman–Crippen LogP) is 6.20. The van der Waals surface area contributed by atoms with E-state index >= 15 is 0 Å². The van der Waals surface area contributed by atoms with Gasteiger partial charge < -0.3 is 19.2 Å². The summed E-state index contributed by atoms with van der Waals surface area (Å²) in [6.45, 7) is 0. The van der Waals surface area contributed by atoms with E-state index in [0.29, 0.717) is 0 Å². The summed E-state index contributed by atoms with van der Waals surface area (Å²) in [5.74, 6) is 3.08. The zero-order chi connectivity index (χ0) is 21.1. The van der Waals surface area contributed by atoms with Gasteiger partial charge in [-0.1, -0.05) is 15.9 Å². The van der Waals surface area contributed by atoms with Gasteiger partial charge in [0.05, 0.1) is 38.3 Å². The van der Waals surface area contributed by atoms with Crippen molar-refractivity contribution in [2.24, 2.45) is 0 Å². The second-order valence-electron chi connectivity index (χ2n) is 6.61. The van der Waals surface area contributed by atoms with Gasteiger partial charge in [0.25, 0.3) is 0 Å². The number of ether oxygens (including phenoxy) is 3. The van der Waals surface area contributed by atoms with Crippen molar-refractivity contribution in [3.05, 3.63) is 71.2 Å². The van der Waals surface area contributed by atoms with E-state index in [1.807, 2.05) is 66.7 Å². The smallest absolute Gasteiger partial charge is 0.142 e. The van der Waals surface area contributed by atoms with Crippen molar-refractivity contribution in [1.82, 2.24) is 9.97 Å². The second-order valence-corrected chi connectivity index (χ2v) is 7.53. The highest BCUT2D eigenvalue weighted by Crippen LogP contribution is 2.37. The first-order valence-corrected chi connectivity index (χ1v) is 10.1. The topological polar surface area (TPSA) is 56.4 Å². The molecular weight excluding hydrogens is 444 g/mol. The Labute approximate surface area is 183 Å². The van der Waals surface area contributed by atoms with Crippen LogP contribution in [0.1, 0.15) is 0 Å². The normalized spacial score (nSPS) is 10.7. The molecular formula is C24H21BrN2O3. The summed E-state index contributed by atoms with van der Waals surface area (Å²) in [5, 5.41) is 0. The van der Waals surface area contributed by atoms with E-state index in [-0.39, 0.29) is 0 Å². The molecule has 0 radical (unpaired) electrons. The molecule has 152 valence electrons. The van der Waals surface area contributed by atoms with E-state index < -0.39 is 0 Å². The molecule has 3 aromatic carbocycles. The number of imidazole rings is 1. The molecule has 0 aliphatic carbocycles. The summed E-state index contributed by atoms with van der Waals surface area (Å²) < 4.78 is 17.1.